The SMILES string of the molecule is CN(N)c1ccccc1-c1nc(-c2ccccn2)no1. The highest BCUT2D eigenvalue weighted by molar-refractivity contribution is 5.73. The Bertz CT molecular complexity index is 708. The third-order valence-electron chi connectivity index (χ3n) is 2.83. The number of nitrogens with two attached hydrogens (primary N) is 1. The number of hydrogen-bond donors (Lipinski definition) is 1. The highest BCUT2D eigenvalue weighted by Crippen LogP contribution is 2.28. The van der Waals surface area contributed by atoms with Crippen molar-refractivity contribution in [1.82, 2.24) is 15.1 Å². The number of hydrogen-bond acceptors (Lipinski definition) is 6. The van der Waals surface area contributed by atoms with Crippen molar-refractivity contribution < 1.29 is 4.52 Å². The molecule has 0 spiro atoms. The van der Waals surface area contributed by atoms with E-state index in [0.717, 1.165) is 11.3 Å². The number of benzene rings is 1. The van der Waals surface area contributed by atoms with Crippen molar-refractivity contribution in [1.29, 1.82) is 0 Å². The van der Waals surface area contributed by atoms with Crippen molar-refractivity contribution in [3.63, 3.8) is 0 Å². The molecule has 3 rings (SSSR count). The molecule has 6 nitrogen and oxygen atoms in total. The summed E-state index contributed by atoms with van der Waals surface area (Å²) in [6.45, 7) is 0. The van der Waals surface area contributed by atoms with Crippen LogP contribution in [0.5, 0.6) is 0 Å². The Kier molecular flexibility index (Phi) is 3.14. The Hall–Kier alpha value is -2.73. The fourth-order valence-corrected chi connectivity index (χ4v) is 1.89. The van der Waals surface area contributed by atoms with Gasteiger partial charge in [0, 0.05) is 13.2 Å². The summed E-state index contributed by atoms with van der Waals surface area (Å²) in [5, 5.41) is 5.47. The van der Waals surface area contributed by atoms with Crippen LogP contribution >= 0.6 is 0 Å². The summed E-state index contributed by atoms with van der Waals surface area (Å²) in [5.41, 5.74) is 2.26. The van der Waals surface area contributed by atoms with E-state index in [4.69, 9.17) is 10.4 Å². The second-order valence-corrected chi connectivity index (χ2v) is 4.27. The molecule has 0 unspecified atom stereocenters. The average Bonchev–Trinajstić information content (AvgIpc) is 2.98. The van der Waals surface area contributed by atoms with Crippen LogP contribution in [-0.2, 0) is 0 Å². The van der Waals surface area contributed by atoms with E-state index in [9.17, 15) is 0 Å². The van der Waals surface area contributed by atoms with E-state index < -0.39 is 0 Å². The summed E-state index contributed by atoms with van der Waals surface area (Å²) in [4.78, 5) is 8.56. The lowest BCUT2D eigenvalue weighted by atomic mass is 10.1. The van der Waals surface area contributed by atoms with Gasteiger partial charge in [-0.15, -0.1) is 0 Å². The van der Waals surface area contributed by atoms with Crippen molar-refractivity contribution >= 4 is 5.69 Å². The van der Waals surface area contributed by atoms with Crippen molar-refractivity contribution in [2.75, 3.05) is 12.1 Å². The third kappa shape index (κ3) is 2.24. The summed E-state index contributed by atoms with van der Waals surface area (Å²) in [5.74, 6) is 6.67. The fraction of sp³-hybridized carbons (Fsp3) is 0.0714. The summed E-state index contributed by atoms with van der Waals surface area (Å²) in [6, 6.07) is 13.1. The first-order valence-electron chi connectivity index (χ1n) is 6.08. The van der Waals surface area contributed by atoms with Crippen molar-refractivity contribution in [3.8, 4) is 23.0 Å². The Morgan fingerprint density at radius 1 is 1.10 bits per heavy atom. The first-order valence-corrected chi connectivity index (χ1v) is 6.08. The number of pyridine rings is 1. The zero-order valence-electron chi connectivity index (χ0n) is 10.9. The second-order valence-electron chi connectivity index (χ2n) is 4.27. The van der Waals surface area contributed by atoms with Crippen LogP contribution in [0.3, 0.4) is 0 Å². The molecule has 0 fully saturated rings. The van der Waals surface area contributed by atoms with Crippen molar-refractivity contribution in [2.45, 2.75) is 0 Å². The minimum absolute atomic E-state index is 0.415. The molecule has 0 saturated heterocycles. The molecule has 0 bridgehead atoms. The first kappa shape index (κ1) is 12.3. The maximum absolute atomic E-state index is 5.80. The Morgan fingerprint density at radius 3 is 2.65 bits per heavy atom. The fourth-order valence-electron chi connectivity index (χ4n) is 1.89. The Balaban J connectivity index is 2.03. The van der Waals surface area contributed by atoms with Gasteiger partial charge in [0.25, 0.3) is 5.89 Å². The molecule has 1 aromatic carbocycles. The topological polar surface area (TPSA) is 81.1 Å². The van der Waals surface area contributed by atoms with Crippen molar-refractivity contribution in [3.05, 3.63) is 48.7 Å². The Morgan fingerprint density at radius 2 is 1.90 bits per heavy atom. The summed E-state index contributed by atoms with van der Waals surface area (Å²) in [6.07, 6.45) is 1.69. The first-order chi connectivity index (χ1) is 9.75. The molecule has 0 amide bonds. The van der Waals surface area contributed by atoms with Gasteiger partial charge in [0.15, 0.2) is 0 Å². The van der Waals surface area contributed by atoms with Gasteiger partial charge >= 0.3 is 0 Å². The summed E-state index contributed by atoms with van der Waals surface area (Å²) in [7, 11) is 1.76. The molecule has 100 valence electrons. The average molecular weight is 267 g/mol. The minimum atomic E-state index is 0.415. The van der Waals surface area contributed by atoms with E-state index in [1.807, 2.05) is 42.5 Å². The van der Waals surface area contributed by atoms with Gasteiger partial charge in [0.1, 0.15) is 5.69 Å². The number of hydrazine groups is 1. The van der Waals surface area contributed by atoms with Gasteiger partial charge < -0.3 is 9.53 Å². The van der Waals surface area contributed by atoms with Crippen LogP contribution in [0.1, 0.15) is 0 Å². The number of nitrogens with zero attached hydrogens (tertiary/aromatic N) is 4. The maximum atomic E-state index is 5.80. The highest BCUT2D eigenvalue weighted by Gasteiger charge is 2.15. The smallest absolute Gasteiger partial charge is 0.260 e. The molecule has 0 aliphatic carbocycles. The third-order valence-corrected chi connectivity index (χ3v) is 2.83. The zero-order chi connectivity index (χ0) is 13.9. The monoisotopic (exact) mass is 267 g/mol. The lowest BCUT2D eigenvalue weighted by Crippen LogP contribution is -2.25. The number of aromatic nitrogens is 3. The van der Waals surface area contributed by atoms with Crippen LogP contribution in [-0.4, -0.2) is 22.2 Å². The summed E-state index contributed by atoms with van der Waals surface area (Å²) >= 11 is 0. The number of anilines is 1. The van der Waals surface area contributed by atoms with Crippen LogP contribution in [0.25, 0.3) is 23.0 Å². The van der Waals surface area contributed by atoms with Gasteiger partial charge in [0.05, 0.1) is 11.3 Å². The molecule has 0 saturated carbocycles. The molecular formula is C14H13N5O. The van der Waals surface area contributed by atoms with Gasteiger partial charge in [0.2, 0.25) is 5.82 Å². The van der Waals surface area contributed by atoms with Gasteiger partial charge in [-0.25, -0.2) is 5.84 Å². The molecular weight excluding hydrogens is 254 g/mol. The molecule has 6 heteroatoms. The van der Waals surface area contributed by atoms with Crippen LogP contribution in [0.4, 0.5) is 5.69 Å². The van der Waals surface area contributed by atoms with E-state index in [0.29, 0.717) is 17.4 Å². The van der Waals surface area contributed by atoms with Crippen LogP contribution in [0, 0.1) is 0 Å². The predicted molar refractivity (Wildman–Crippen MR) is 75.6 cm³/mol. The molecule has 2 aromatic heterocycles. The van der Waals surface area contributed by atoms with E-state index in [-0.39, 0.29) is 0 Å². The van der Waals surface area contributed by atoms with Gasteiger partial charge in [-0.2, -0.15) is 4.98 Å². The molecule has 0 aliphatic heterocycles. The normalized spacial score (nSPS) is 10.5. The predicted octanol–water partition coefficient (Wildman–Crippen LogP) is 2.11. The maximum Gasteiger partial charge on any atom is 0.260 e. The molecule has 0 aliphatic rings. The van der Waals surface area contributed by atoms with Crippen molar-refractivity contribution in [2.24, 2.45) is 5.84 Å². The highest BCUT2D eigenvalue weighted by atomic mass is 16.5. The van der Waals surface area contributed by atoms with E-state index in [1.54, 1.807) is 13.2 Å². The minimum Gasteiger partial charge on any atom is -0.333 e. The molecule has 2 N–H and O–H groups in total. The lowest BCUT2D eigenvalue weighted by molar-refractivity contribution is 0.432. The number of para-hydroxylation sites is 1. The van der Waals surface area contributed by atoms with Crippen LogP contribution in [0.15, 0.2) is 53.2 Å². The second kappa shape index (κ2) is 5.10. The molecule has 2 heterocycles. The quantitative estimate of drug-likeness (QED) is 0.578. The van der Waals surface area contributed by atoms with Gasteiger partial charge in [-0.3, -0.25) is 4.98 Å². The van der Waals surface area contributed by atoms with E-state index in [2.05, 4.69) is 15.1 Å². The number of rotatable bonds is 3. The Labute approximate surface area is 115 Å². The molecule has 0 radical (unpaired) electrons. The van der Waals surface area contributed by atoms with Gasteiger partial charge in [-0.05, 0) is 24.3 Å². The standard InChI is InChI=1S/C14H13N5O/c1-19(15)12-8-3-2-6-10(12)14-17-13(18-20-14)11-7-4-5-9-16-11/h2-9H,15H2,1H3. The van der Waals surface area contributed by atoms with E-state index >= 15 is 0 Å². The largest absolute Gasteiger partial charge is 0.333 e. The van der Waals surface area contributed by atoms with E-state index in [1.165, 1.54) is 5.01 Å². The van der Waals surface area contributed by atoms with Crippen LogP contribution in [0.2, 0.25) is 0 Å². The lowest BCUT2D eigenvalue weighted by Gasteiger charge is -2.14. The molecule has 20 heavy (non-hydrogen) atoms. The van der Waals surface area contributed by atoms with Crippen LogP contribution < -0.4 is 10.9 Å². The molecule has 0 atom stereocenters. The van der Waals surface area contributed by atoms with Gasteiger partial charge in [-0.1, -0.05) is 23.4 Å². The molecule has 3 aromatic rings. The zero-order valence-corrected chi connectivity index (χ0v) is 10.9. The summed E-state index contributed by atoms with van der Waals surface area (Å²) < 4.78 is 5.31.